The van der Waals surface area contributed by atoms with Gasteiger partial charge in [0.05, 0.1) is 26.9 Å². The molecule has 9 heteroatoms. The van der Waals surface area contributed by atoms with E-state index >= 15 is 0 Å². The average molecular weight is 480 g/mol. The van der Waals surface area contributed by atoms with Gasteiger partial charge in [0.1, 0.15) is 0 Å². The van der Waals surface area contributed by atoms with Crippen molar-refractivity contribution in [2.45, 2.75) is 9.79 Å². The molecule has 0 amide bonds. The van der Waals surface area contributed by atoms with Crippen LogP contribution in [-0.2, 0) is 20.0 Å². The van der Waals surface area contributed by atoms with Gasteiger partial charge in [0, 0.05) is 5.69 Å². The molecule has 0 aromatic heterocycles. The van der Waals surface area contributed by atoms with Gasteiger partial charge >= 0.3 is 0 Å². The van der Waals surface area contributed by atoms with Crippen LogP contribution in [0, 0.1) is 0 Å². The van der Waals surface area contributed by atoms with Crippen molar-refractivity contribution in [3.05, 3.63) is 109 Å². The topological polar surface area (TPSA) is 104 Å². The van der Waals surface area contributed by atoms with Crippen molar-refractivity contribution in [3.8, 4) is 0 Å². The molecule has 3 N–H and O–H groups in total. The summed E-state index contributed by atoms with van der Waals surface area (Å²) in [6.45, 7) is 0. The summed E-state index contributed by atoms with van der Waals surface area (Å²) in [5, 5.41) is 3.16. The van der Waals surface area contributed by atoms with Gasteiger partial charge in [-0.3, -0.25) is 9.44 Å². The van der Waals surface area contributed by atoms with E-state index in [0.717, 1.165) is 5.69 Å². The lowest BCUT2D eigenvalue weighted by Crippen LogP contribution is -2.16. The molecule has 0 fully saturated rings. The first-order chi connectivity index (χ1) is 15.8. The van der Waals surface area contributed by atoms with Crippen LogP contribution in [0.15, 0.2) is 119 Å². The SMILES string of the molecule is O=S(=O)(Nc1ccc(Nc2ccccc2)c(NS(=O)(=O)c2ccccc2)c1)c1ccccc1. The Bertz CT molecular complexity index is 1440. The van der Waals surface area contributed by atoms with Crippen molar-refractivity contribution >= 4 is 42.8 Å². The number of sulfonamides is 2. The van der Waals surface area contributed by atoms with Crippen molar-refractivity contribution in [1.82, 2.24) is 0 Å². The fourth-order valence-corrected chi connectivity index (χ4v) is 5.26. The van der Waals surface area contributed by atoms with E-state index in [1.54, 1.807) is 48.5 Å². The number of benzene rings is 4. The summed E-state index contributed by atoms with van der Waals surface area (Å²) < 4.78 is 56.4. The fourth-order valence-electron chi connectivity index (χ4n) is 3.10. The maximum atomic E-state index is 12.9. The lowest BCUT2D eigenvalue weighted by Gasteiger charge is -2.17. The van der Waals surface area contributed by atoms with Crippen LogP contribution in [0.3, 0.4) is 0 Å². The minimum Gasteiger partial charge on any atom is -0.354 e. The second-order valence-electron chi connectivity index (χ2n) is 7.09. The average Bonchev–Trinajstić information content (AvgIpc) is 2.82. The molecule has 0 aliphatic rings. The summed E-state index contributed by atoms with van der Waals surface area (Å²) in [6, 6.07) is 29.7. The van der Waals surface area contributed by atoms with Crippen LogP contribution >= 0.6 is 0 Å². The van der Waals surface area contributed by atoms with Crippen LogP contribution in [0.2, 0.25) is 0 Å². The molecular weight excluding hydrogens is 458 g/mol. The van der Waals surface area contributed by atoms with Crippen LogP contribution in [-0.4, -0.2) is 16.8 Å². The van der Waals surface area contributed by atoms with Crippen molar-refractivity contribution in [3.63, 3.8) is 0 Å². The molecule has 0 saturated carbocycles. The van der Waals surface area contributed by atoms with Gasteiger partial charge in [0.25, 0.3) is 20.0 Å². The van der Waals surface area contributed by atoms with Gasteiger partial charge in [0.15, 0.2) is 0 Å². The van der Waals surface area contributed by atoms with Crippen molar-refractivity contribution in [1.29, 1.82) is 0 Å². The molecule has 0 atom stereocenters. The van der Waals surface area contributed by atoms with Crippen LogP contribution in [0.4, 0.5) is 22.7 Å². The summed E-state index contributed by atoms with van der Waals surface area (Å²) in [6.07, 6.45) is 0. The predicted molar refractivity (Wildman–Crippen MR) is 131 cm³/mol. The molecule has 4 aromatic carbocycles. The molecule has 4 rings (SSSR count). The summed E-state index contributed by atoms with van der Waals surface area (Å²) in [7, 11) is -7.75. The van der Waals surface area contributed by atoms with E-state index in [1.807, 2.05) is 30.3 Å². The molecule has 0 aliphatic heterocycles. The highest BCUT2D eigenvalue weighted by atomic mass is 32.2. The summed E-state index contributed by atoms with van der Waals surface area (Å²) in [5.41, 5.74) is 1.61. The number of hydrogen-bond acceptors (Lipinski definition) is 5. The van der Waals surface area contributed by atoms with E-state index in [9.17, 15) is 16.8 Å². The van der Waals surface area contributed by atoms with E-state index in [0.29, 0.717) is 5.69 Å². The second kappa shape index (κ2) is 9.35. The molecule has 0 saturated heterocycles. The Hall–Kier alpha value is -3.82. The quantitative estimate of drug-likeness (QED) is 0.329. The van der Waals surface area contributed by atoms with E-state index in [4.69, 9.17) is 0 Å². The third-order valence-electron chi connectivity index (χ3n) is 4.68. The lowest BCUT2D eigenvalue weighted by molar-refractivity contribution is 0.599. The van der Waals surface area contributed by atoms with Crippen molar-refractivity contribution in [2.75, 3.05) is 14.8 Å². The minimum atomic E-state index is -3.91. The monoisotopic (exact) mass is 479 g/mol. The second-order valence-corrected chi connectivity index (χ2v) is 10.5. The smallest absolute Gasteiger partial charge is 0.261 e. The Morgan fingerprint density at radius 2 is 0.939 bits per heavy atom. The first-order valence-corrected chi connectivity index (χ1v) is 12.9. The standard InChI is InChI=1S/C24H21N3O4S2/c28-32(29,21-12-6-2-7-13-21)26-20-16-17-23(25-19-10-4-1-5-11-19)24(18-20)27-33(30,31)22-14-8-3-9-15-22/h1-18,25-27H. The van der Waals surface area contributed by atoms with E-state index < -0.39 is 20.0 Å². The summed E-state index contributed by atoms with van der Waals surface area (Å²) >= 11 is 0. The third-order valence-corrected chi connectivity index (χ3v) is 7.45. The first-order valence-electron chi connectivity index (χ1n) is 9.95. The first kappa shape index (κ1) is 22.4. The molecule has 0 heterocycles. The zero-order chi connectivity index (χ0) is 23.3. The highest BCUT2D eigenvalue weighted by Gasteiger charge is 2.18. The van der Waals surface area contributed by atoms with Gasteiger partial charge < -0.3 is 5.32 Å². The Balaban J connectivity index is 1.71. The van der Waals surface area contributed by atoms with Crippen molar-refractivity contribution in [2.24, 2.45) is 0 Å². The van der Waals surface area contributed by atoms with E-state index in [-0.39, 0.29) is 21.2 Å². The van der Waals surface area contributed by atoms with Crippen LogP contribution in [0.1, 0.15) is 0 Å². The number of anilines is 4. The van der Waals surface area contributed by atoms with Gasteiger partial charge in [-0.25, -0.2) is 16.8 Å². The van der Waals surface area contributed by atoms with Gasteiger partial charge in [-0.05, 0) is 54.6 Å². The highest BCUT2D eigenvalue weighted by Crippen LogP contribution is 2.31. The zero-order valence-electron chi connectivity index (χ0n) is 17.3. The molecule has 33 heavy (non-hydrogen) atoms. The molecule has 0 radical (unpaired) electrons. The van der Waals surface area contributed by atoms with Crippen LogP contribution in [0.25, 0.3) is 0 Å². The molecule has 0 unspecified atom stereocenters. The van der Waals surface area contributed by atoms with E-state index in [1.165, 1.54) is 30.3 Å². The summed E-state index contributed by atoms with van der Waals surface area (Å²) in [4.78, 5) is 0.189. The van der Waals surface area contributed by atoms with Gasteiger partial charge in [-0.1, -0.05) is 54.6 Å². The highest BCUT2D eigenvalue weighted by molar-refractivity contribution is 7.93. The number of rotatable bonds is 8. The third kappa shape index (κ3) is 5.51. The minimum absolute atomic E-state index is 0.0888. The Labute approximate surface area is 193 Å². The predicted octanol–water partition coefficient (Wildman–Crippen LogP) is 5.03. The van der Waals surface area contributed by atoms with Crippen molar-refractivity contribution < 1.29 is 16.8 Å². The molecular formula is C24H21N3O4S2. The Morgan fingerprint density at radius 3 is 1.48 bits per heavy atom. The zero-order valence-corrected chi connectivity index (χ0v) is 19.0. The van der Waals surface area contributed by atoms with Crippen LogP contribution in [0.5, 0.6) is 0 Å². The Kier molecular flexibility index (Phi) is 6.34. The molecule has 0 aliphatic carbocycles. The fraction of sp³-hybridized carbons (Fsp3) is 0. The maximum absolute atomic E-state index is 12.9. The van der Waals surface area contributed by atoms with Gasteiger partial charge in [0.2, 0.25) is 0 Å². The number of hydrogen-bond donors (Lipinski definition) is 3. The summed E-state index contributed by atoms with van der Waals surface area (Å²) in [5.74, 6) is 0. The molecule has 0 bridgehead atoms. The van der Waals surface area contributed by atoms with E-state index in [2.05, 4.69) is 14.8 Å². The normalized spacial score (nSPS) is 11.5. The molecule has 7 nitrogen and oxygen atoms in total. The molecule has 168 valence electrons. The van der Waals surface area contributed by atoms with Gasteiger partial charge in [-0.15, -0.1) is 0 Å². The number of nitrogens with one attached hydrogen (secondary N) is 3. The van der Waals surface area contributed by atoms with Gasteiger partial charge in [-0.2, -0.15) is 0 Å². The lowest BCUT2D eigenvalue weighted by atomic mass is 10.2. The number of para-hydroxylation sites is 1. The maximum Gasteiger partial charge on any atom is 0.261 e. The molecule has 0 spiro atoms. The largest absolute Gasteiger partial charge is 0.354 e. The molecule has 4 aromatic rings. The Morgan fingerprint density at radius 1 is 0.455 bits per heavy atom. The van der Waals surface area contributed by atoms with Crippen LogP contribution < -0.4 is 14.8 Å².